The number of hydrogen-bond acceptors (Lipinski definition) is 3. The van der Waals surface area contributed by atoms with Gasteiger partial charge < -0.3 is 14.8 Å². The number of hydrogen-bond donors (Lipinski definition) is 2. The van der Waals surface area contributed by atoms with E-state index in [4.69, 9.17) is 28.2 Å². The number of carboxylic acid groups (broad SMARTS) is 1. The number of halogens is 1. The van der Waals surface area contributed by atoms with Crippen LogP contribution in [0.15, 0.2) is 40.7 Å². The summed E-state index contributed by atoms with van der Waals surface area (Å²) >= 11 is 11.6. The van der Waals surface area contributed by atoms with E-state index >= 15 is 0 Å². The molecular formula is C16H18ClNO3S. The molecule has 0 bridgehead atoms. The first-order chi connectivity index (χ1) is 10.3. The summed E-state index contributed by atoms with van der Waals surface area (Å²) in [6, 6.07) is 1.77. The Morgan fingerprint density at radius 3 is 2.73 bits per heavy atom. The van der Waals surface area contributed by atoms with E-state index in [-0.39, 0.29) is 5.92 Å². The second-order valence-electron chi connectivity index (χ2n) is 5.60. The molecule has 1 aliphatic carbocycles. The monoisotopic (exact) mass is 339 g/mol. The lowest BCUT2D eigenvalue weighted by Crippen LogP contribution is -2.44. The van der Waals surface area contributed by atoms with Crippen LogP contribution in [0.25, 0.3) is 0 Å². The van der Waals surface area contributed by atoms with Gasteiger partial charge in [0.25, 0.3) is 0 Å². The van der Waals surface area contributed by atoms with Crippen molar-refractivity contribution < 1.29 is 14.3 Å². The number of alkyl halides is 1. The molecule has 1 aliphatic rings. The lowest BCUT2D eigenvalue weighted by Gasteiger charge is -2.36. The fourth-order valence-corrected chi connectivity index (χ4v) is 3.35. The number of carbonyl (C=O) groups is 1. The van der Waals surface area contributed by atoms with Crippen LogP contribution in [0.2, 0.25) is 0 Å². The van der Waals surface area contributed by atoms with Crippen molar-refractivity contribution in [3.05, 3.63) is 47.6 Å². The fraction of sp³-hybridized carbons (Fsp3) is 0.375. The van der Waals surface area contributed by atoms with Crippen LogP contribution in [0.4, 0.5) is 0 Å². The predicted molar refractivity (Wildman–Crippen MR) is 90.1 cm³/mol. The summed E-state index contributed by atoms with van der Waals surface area (Å²) in [5, 5.41) is 12.1. The summed E-state index contributed by atoms with van der Waals surface area (Å²) in [6.45, 7) is 5.50. The molecule has 0 aromatic carbocycles. The molecule has 2 N–H and O–H groups in total. The van der Waals surface area contributed by atoms with Crippen molar-refractivity contribution in [2.24, 2.45) is 11.3 Å². The highest BCUT2D eigenvalue weighted by Crippen LogP contribution is 2.41. The van der Waals surface area contributed by atoms with E-state index in [1.54, 1.807) is 30.6 Å². The molecule has 1 heterocycles. The Labute approximate surface area is 139 Å². The number of carboxylic acids is 1. The van der Waals surface area contributed by atoms with Gasteiger partial charge in [-0.2, -0.15) is 0 Å². The minimum Gasteiger partial charge on any atom is -0.481 e. The molecule has 0 saturated heterocycles. The van der Waals surface area contributed by atoms with Gasteiger partial charge in [-0.1, -0.05) is 32.1 Å². The van der Waals surface area contributed by atoms with Gasteiger partial charge in [0, 0.05) is 5.70 Å². The lowest BCUT2D eigenvalue weighted by molar-refractivity contribution is -0.148. The molecule has 22 heavy (non-hydrogen) atoms. The van der Waals surface area contributed by atoms with Crippen LogP contribution in [0.5, 0.6) is 0 Å². The molecule has 0 saturated carbocycles. The van der Waals surface area contributed by atoms with Crippen LogP contribution >= 0.6 is 23.8 Å². The smallest absolute Gasteiger partial charge is 0.315 e. The van der Waals surface area contributed by atoms with Gasteiger partial charge in [0.05, 0.1) is 17.2 Å². The number of furan rings is 1. The maximum absolute atomic E-state index is 11.8. The Morgan fingerprint density at radius 2 is 2.23 bits per heavy atom. The minimum atomic E-state index is -1.17. The lowest BCUT2D eigenvalue weighted by atomic mass is 9.71. The highest BCUT2D eigenvalue weighted by Gasteiger charge is 2.47. The summed E-state index contributed by atoms with van der Waals surface area (Å²) in [5.74, 6) is -0.406. The average Bonchev–Trinajstić information content (AvgIpc) is 2.86. The first-order valence-corrected chi connectivity index (χ1v) is 7.77. The third-order valence-corrected chi connectivity index (χ3v) is 4.81. The van der Waals surface area contributed by atoms with E-state index in [1.807, 2.05) is 20.8 Å². The van der Waals surface area contributed by atoms with E-state index in [0.29, 0.717) is 16.4 Å². The van der Waals surface area contributed by atoms with Gasteiger partial charge in [0.15, 0.2) is 0 Å². The van der Waals surface area contributed by atoms with Gasteiger partial charge in [0.2, 0.25) is 0 Å². The summed E-state index contributed by atoms with van der Waals surface area (Å²) in [6.07, 6.45) is 6.65. The molecule has 0 spiro atoms. The van der Waals surface area contributed by atoms with Crippen molar-refractivity contribution >= 4 is 34.8 Å². The second-order valence-corrected chi connectivity index (χ2v) is 6.48. The SMILES string of the molecule is Cc1occc1C(=S)NC1=CC(C(=O)O)(C(C)C)C(Cl)C=C1. The molecule has 6 heteroatoms. The Morgan fingerprint density at radius 1 is 1.55 bits per heavy atom. The summed E-state index contributed by atoms with van der Waals surface area (Å²) < 4.78 is 5.23. The minimum absolute atomic E-state index is 0.168. The molecule has 0 fully saturated rings. The highest BCUT2D eigenvalue weighted by molar-refractivity contribution is 7.80. The van der Waals surface area contributed by atoms with E-state index < -0.39 is 16.8 Å². The van der Waals surface area contributed by atoms with E-state index in [0.717, 1.165) is 5.56 Å². The van der Waals surface area contributed by atoms with Gasteiger partial charge in [-0.15, -0.1) is 11.6 Å². The molecule has 0 amide bonds. The molecular weight excluding hydrogens is 322 g/mol. The van der Waals surface area contributed by atoms with Gasteiger partial charge in [-0.25, -0.2) is 0 Å². The van der Waals surface area contributed by atoms with E-state index in [9.17, 15) is 9.90 Å². The number of aliphatic carboxylic acids is 1. The predicted octanol–water partition coefficient (Wildman–Crippen LogP) is 3.64. The van der Waals surface area contributed by atoms with E-state index in [1.165, 1.54) is 0 Å². The zero-order chi connectivity index (χ0) is 16.5. The van der Waals surface area contributed by atoms with Crippen molar-refractivity contribution in [3.8, 4) is 0 Å². The molecule has 0 aliphatic heterocycles. The highest BCUT2D eigenvalue weighted by atomic mass is 35.5. The van der Waals surface area contributed by atoms with Crippen molar-refractivity contribution in [1.82, 2.24) is 5.32 Å². The quantitative estimate of drug-likeness (QED) is 0.647. The summed E-state index contributed by atoms with van der Waals surface area (Å²) in [5.41, 5.74) is 0.237. The largest absolute Gasteiger partial charge is 0.481 e. The Bertz CT molecular complexity index is 662. The number of allylic oxidation sites excluding steroid dienone is 2. The number of aryl methyl sites for hydroxylation is 1. The van der Waals surface area contributed by atoms with Gasteiger partial charge in [-0.3, -0.25) is 4.79 Å². The first kappa shape index (κ1) is 16.8. The van der Waals surface area contributed by atoms with Crippen molar-refractivity contribution in [2.75, 3.05) is 0 Å². The van der Waals surface area contributed by atoms with E-state index in [2.05, 4.69) is 5.32 Å². The number of nitrogens with one attached hydrogen (secondary N) is 1. The zero-order valence-corrected chi connectivity index (χ0v) is 14.2. The molecule has 118 valence electrons. The normalized spacial score (nSPS) is 24.2. The van der Waals surface area contributed by atoms with Gasteiger partial charge in [-0.05, 0) is 31.1 Å². The molecule has 1 aromatic heterocycles. The third kappa shape index (κ3) is 2.83. The molecule has 0 radical (unpaired) electrons. The number of thiocarbonyl (C=S) groups is 1. The van der Waals surface area contributed by atoms with Crippen LogP contribution in [-0.2, 0) is 4.79 Å². The zero-order valence-electron chi connectivity index (χ0n) is 12.6. The van der Waals surface area contributed by atoms with Crippen LogP contribution < -0.4 is 5.32 Å². The van der Waals surface area contributed by atoms with Crippen LogP contribution in [0.1, 0.15) is 25.2 Å². The maximum atomic E-state index is 11.8. The molecule has 2 rings (SSSR count). The van der Waals surface area contributed by atoms with Crippen molar-refractivity contribution in [2.45, 2.75) is 26.1 Å². The molecule has 4 nitrogen and oxygen atoms in total. The third-order valence-electron chi connectivity index (χ3n) is 3.98. The van der Waals surface area contributed by atoms with Crippen LogP contribution in [0, 0.1) is 18.3 Å². The summed E-state index contributed by atoms with van der Waals surface area (Å²) in [4.78, 5) is 12.3. The average molecular weight is 340 g/mol. The molecule has 2 atom stereocenters. The standard InChI is InChI=1S/C16H18ClNO3S/c1-9(2)16(15(19)20)8-11(4-5-13(16)17)18-14(22)12-6-7-21-10(12)3/h4-9,13H,1-3H3,(H,18,22)(H,19,20). The number of rotatable bonds is 4. The van der Waals surface area contributed by atoms with Crippen molar-refractivity contribution in [1.29, 1.82) is 0 Å². The first-order valence-electron chi connectivity index (χ1n) is 6.93. The van der Waals surface area contributed by atoms with Crippen LogP contribution in [0.3, 0.4) is 0 Å². The molecule has 1 aromatic rings. The Hall–Kier alpha value is -1.59. The van der Waals surface area contributed by atoms with Crippen LogP contribution in [-0.4, -0.2) is 21.4 Å². The van der Waals surface area contributed by atoms with Gasteiger partial charge >= 0.3 is 5.97 Å². The van der Waals surface area contributed by atoms with Gasteiger partial charge in [0.1, 0.15) is 16.2 Å². The molecule has 2 unspecified atom stereocenters. The second kappa shape index (κ2) is 6.26. The topological polar surface area (TPSA) is 62.5 Å². The Kier molecular flexibility index (Phi) is 4.78. The Balaban J connectivity index is 2.32. The van der Waals surface area contributed by atoms with Crippen molar-refractivity contribution in [3.63, 3.8) is 0 Å². The summed E-state index contributed by atoms with van der Waals surface area (Å²) in [7, 11) is 0. The fourth-order valence-electron chi connectivity index (χ4n) is 2.54. The maximum Gasteiger partial charge on any atom is 0.315 e.